The van der Waals surface area contributed by atoms with E-state index in [1.54, 1.807) is 0 Å². The van der Waals surface area contributed by atoms with E-state index in [4.69, 9.17) is 7.85 Å². The number of unbranched alkanes of at least 4 members (excludes halogenated alkanes) is 5. The molecule has 1 aliphatic rings. The minimum Gasteiger partial charge on any atom is -0.393 e. The Labute approximate surface area is 193 Å². The Morgan fingerprint density at radius 2 is 1.55 bits per heavy atom. The maximum Gasteiger partial charge on any atom is 0.213 e. The minimum atomic E-state index is -0.694. The normalized spacial score (nSPS) is 26.9. The molecule has 4 atom stereocenters. The number of aliphatic hydroxyl groups excluding tert-OH is 1. The Bertz CT molecular complexity index is 489. The van der Waals surface area contributed by atoms with E-state index in [0.29, 0.717) is 12.8 Å². The van der Waals surface area contributed by atoms with Crippen molar-refractivity contribution in [3.63, 3.8) is 0 Å². The highest BCUT2D eigenvalue weighted by Gasteiger charge is 2.46. The van der Waals surface area contributed by atoms with Crippen LogP contribution < -0.4 is 0 Å². The summed E-state index contributed by atoms with van der Waals surface area (Å²) in [5.41, 5.74) is -0.497. The van der Waals surface area contributed by atoms with E-state index in [1.165, 1.54) is 44.9 Å². The van der Waals surface area contributed by atoms with Crippen molar-refractivity contribution in [3.05, 3.63) is 10.1 Å². The summed E-state index contributed by atoms with van der Waals surface area (Å²) >= 11 is 0. The summed E-state index contributed by atoms with van der Waals surface area (Å²) in [6.45, 7) is 6.43. The van der Waals surface area contributed by atoms with E-state index in [1.807, 2.05) is 0 Å². The lowest BCUT2D eigenvalue weighted by Crippen LogP contribution is -2.45. The highest BCUT2D eigenvalue weighted by Crippen LogP contribution is 2.50. The first-order chi connectivity index (χ1) is 14.8. The second-order valence-electron chi connectivity index (χ2n) is 10.7. The summed E-state index contributed by atoms with van der Waals surface area (Å²) in [5, 5.41) is 22.9. The standard InChI is InChI=1S/C26H50BNO3/c1-4-6-7-8-14-17-21-26(27,19-5-2)24(29)25(3)20-16-13-11-9-10-12-15-18-23(22-25)28(30)31/h23-24,29H,4-22H2,1-3H3. The van der Waals surface area contributed by atoms with Crippen LogP contribution in [0.2, 0.25) is 5.31 Å². The first kappa shape index (κ1) is 28.5. The van der Waals surface area contributed by atoms with Crippen LogP contribution in [0.4, 0.5) is 0 Å². The van der Waals surface area contributed by atoms with Crippen LogP contribution in [-0.2, 0) is 0 Å². The zero-order chi connectivity index (χ0) is 23.2. The fourth-order valence-corrected chi connectivity index (χ4v) is 5.76. The summed E-state index contributed by atoms with van der Waals surface area (Å²) in [4.78, 5) is 11.8. The summed E-state index contributed by atoms with van der Waals surface area (Å²) < 4.78 is 0. The van der Waals surface area contributed by atoms with Crippen LogP contribution in [-0.4, -0.2) is 30.0 Å². The fourth-order valence-electron chi connectivity index (χ4n) is 5.76. The second kappa shape index (κ2) is 15.3. The average molecular weight is 436 g/mol. The molecule has 0 saturated heterocycles. The minimum absolute atomic E-state index is 0.0948. The maximum absolute atomic E-state index is 11.8. The van der Waals surface area contributed by atoms with Gasteiger partial charge >= 0.3 is 0 Å². The van der Waals surface area contributed by atoms with Gasteiger partial charge in [-0.3, -0.25) is 10.1 Å². The van der Waals surface area contributed by atoms with Crippen LogP contribution in [0.3, 0.4) is 0 Å². The lowest BCUT2D eigenvalue weighted by atomic mass is 9.52. The number of hydrogen-bond acceptors (Lipinski definition) is 3. The quantitative estimate of drug-likeness (QED) is 0.147. The Morgan fingerprint density at radius 1 is 0.968 bits per heavy atom. The van der Waals surface area contributed by atoms with Gasteiger partial charge in [0.25, 0.3) is 0 Å². The van der Waals surface area contributed by atoms with Crippen LogP contribution in [0.5, 0.6) is 0 Å². The van der Waals surface area contributed by atoms with Gasteiger partial charge in [-0.15, -0.1) is 0 Å². The molecule has 31 heavy (non-hydrogen) atoms. The molecule has 2 radical (unpaired) electrons. The molecule has 0 amide bonds. The molecule has 1 N–H and O–H groups in total. The first-order valence-electron chi connectivity index (χ1n) is 13.4. The van der Waals surface area contributed by atoms with Gasteiger partial charge in [-0.05, 0) is 23.6 Å². The van der Waals surface area contributed by atoms with Crippen molar-refractivity contribution in [2.45, 2.75) is 160 Å². The number of nitro groups is 1. The topological polar surface area (TPSA) is 63.4 Å². The molecule has 1 rings (SSSR count). The molecule has 0 heterocycles. The van der Waals surface area contributed by atoms with Crippen molar-refractivity contribution in [1.29, 1.82) is 0 Å². The van der Waals surface area contributed by atoms with Crippen LogP contribution in [0.1, 0.15) is 143 Å². The highest BCUT2D eigenvalue weighted by atomic mass is 16.6. The van der Waals surface area contributed by atoms with Gasteiger partial charge in [0.1, 0.15) is 0 Å². The molecule has 0 aromatic heterocycles. The van der Waals surface area contributed by atoms with E-state index < -0.39 is 22.9 Å². The van der Waals surface area contributed by atoms with Crippen molar-refractivity contribution >= 4 is 7.85 Å². The van der Waals surface area contributed by atoms with E-state index in [-0.39, 0.29) is 4.92 Å². The molecule has 4 nitrogen and oxygen atoms in total. The van der Waals surface area contributed by atoms with Gasteiger partial charge in [0.15, 0.2) is 0 Å². The zero-order valence-corrected chi connectivity index (χ0v) is 20.9. The van der Waals surface area contributed by atoms with Crippen LogP contribution in [0.15, 0.2) is 0 Å². The summed E-state index contributed by atoms with van der Waals surface area (Å²) in [6, 6.07) is -0.570. The van der Waals surface area contributed by atoms with Crippen molar-refractivity contribution in [2.24, 2.45) is 5.41 Å². The van der Waals surface area contributed by atoms with E-state index in [9.17, 15) is 15.2 Å². The van der Waals surface area contributed by atoms with Gasteiger partial charge in [-0.2, -0.15) is 0 Å². The van der Waals surface area contributed by atoms with Gasteiger partial charge in [0.2, 0.25) is 6.04 Å². The van der Waals surface area contributed by atoms with Crippen molar-refractivity contribution in [1.82, 2.24) is 0 Å². The van der Waals surface area contributed by atoms with Crippen molar-refractivity contribution in [2.75, 3.05) is 0 Å². The van der Waals surface area contributed by atoms with E-state index in [2.05, 4.69) is 20.8 Å². The predicted molar refractivity (Wildman–Crippen MR) is 132 cm³/mol. The largest absolute Gasteiger partial charge is 0.393 e. The third kappa shape index (κ3) is 10.3. The lowest BCUT2D eigenvalue weighted by Gasteiger charge is -2.46. The Hall–Kier alpha value is -0.575. The maximum atomic E-state index is 11.8. The Balaban J connectivity index is 2.94. The molecular formula is C26H50BNO3. The van der Waals surface area contributed by atoms with Crippen LogP contribution >= 0.6 is 0 Å². The molecule has 4 unspecified atom stereocenters. The second-order valence-corrected chi connectivity index (χ2v) is 10.7. The summed E-state index contributed by atoms with van der Waals surface area (Å²) in [7, 11) is 6.93. The molecule has 0 aromatic carbocycles. The third-order valence-corrected chi connectivity index (χ3v) is 7.70. The Morgan fingerprint density at radius 3 is 2.16 bits per heavy atom. The van der Waals surface area contributed by atoms with Gasteiger partial charge < -0.3 is 5.11 Å². The van der Waals surface area contributed by atoms with Crippen LogP contribution in [0.25, 0.3) is 0 Å². The SMILES string of the molecule is [B]C(CCC)(CCCCCCCC)C(O)C1(C)CCCCCCCCCC([N+](=O)[O-])C1. The highest BCUT2D eigenvalue weighted by molar-refractivity contribution is 6.15. The molecule has 0 bridgehead atoms. The molecule has 5 heteroatoms. The molecule has 1 saturated carbocycles. The first-order valence-corrected chi connectivity index (χ1v) is 13.4. The molecule has 1 aliphatic carbocycles. The molecule has 0 aromatic rings. The van der Waals surface area contributed by atoms with Gasteiger partial charge in [-0.25, -0.2) is 0 Å². The molecule has 180 valence electrons. The third-order valence-electron chi connectivity index (χ3n) is 7.70. The monoisotopic (exact) mass is 435 g/mol. The number of hydrogen-bond donors (Lipinski definition) is 1. The van der Waals surface area contributed by atoms with Gasteiger partial charge in [-0.1, -0.05) is 117 Å². The Kier molecular flexibility index (Phi) is 14.0. The molecule has 0 spiro atoms. The molecule has 1 fully saturated rings. The summed E-state index contributed by atoms with van der Waals surface area (Å²) in [5.74, 6) is 0. The number of nitrogens with zero attached hydrogens (tertiary/aromatic N) is 1. The predicted octanol–water partition coefficient (Wildman–Crippen LogP) is 7.79. The zero-order valence-electron chi connectivity index (χ0n) is 20.9. The van der Waals surface area contributed by atoms with Crippen molar-refractivity contribution in [3.8, 4) is 0 Å². The average Bonchev–Trinajstić information content (AvgIpc) is 2.72. The van der Waals surface area contributed by atoms with E-state index in [0.717, 1.165) is 64.2 Å². The van der Waals surface area contributed by atoms with Crippen molar-refractivity contribution < 1.29 is 10.0 Å². The lowest BCUT2D eigenvalue weighted by molar-refractivity contribution is -0.528. The van der Waals surface area contributed by atoms with Crippen LogP contribution in [0, 0.1) is 15.5 Å². The summed E-state index contributed by atoms with van der Waals surface area (Å²) in [6.07, 6.45) is 18.7. The number of rotatable bonds is 12. The van der Waals surface area contributed by atoms with Gasteiger partial charge in [0, 0.05) is 17.8 Å². The van der Waals surface area contributed by atoms with Gasteiger partial charge in [0.05, 0.1) is 14.0 Å². The van der Waals surface area contributed by atoms with E-state index >= 15 is 0 Å². The smallest absolute Gasteiger partial charge is 0.213 e. The molecule has 0 aliphatic heterocycles. The fraction of sp³-hybridized carbons (Fsp3) is 1.00. The number of aliphatic hydroxyl groups is 1. The molecular weight excluding hydrogens is 385 g/mol.